The highest BCUT2D eigenvalue weighted by Crippen LogP contribution is 2.35. The van der Waals surface area contributed by atoms with E-state index in [9.17, 15) is 13.2 Å². The van der Waals surface area contributed by atoms with Gasteiger partial charge in [0.05, 0.1) is 71.6 Å². The molecule has 15 aromatic rings. The van der Waals surface area contributed by atoms with Gasteiger partial charge in [-0.1, -0.05) is 54.6 Å². The molecule has 626 valence electrons. The molecule has 28 heteroatoms. The van der Waals surface area contributed by atoms with Crippen molar-refractivity contribution in [3.8, 4) is 11.5 Å². The summed E-state index contributed by atoms with van der Waals surface area (Å²) in [4.78, 5) is 55.8. The highest BCUT2D eigenvalue weighted by atomic mass is 32.2. The van der Waals surface area contributed by atoms with E-state index in [1.54, 1.807) is 43.8 Å². The van der Waals surface area contributed by atoms with E-state index in [2.05, 4.69) is 169 Å². The molecule has 8 N–H and O–H groups in total. The van der Waals surface area contributed by atoms with Crippen LogP contribution in [0.1, 0.15) is 123 Å². The monoisotopic (exact) mass is 1660 g/mol. The maximum absolute atomic E-state index is 11.9. The second-order valence-electron chi connectivity index (χ2n) is 30.3. The number of amides is 1. The van der Waals surface area contributed by atoms with Gasteiger partial charge in [0, 0.05) is 173 Å². The van der Waals surface area contributed by atoms with Gasteiger partial charge in [-0.25, -0.2) is 33.3 Å². The van der Waals surface area contributed by atoms with E-state index in [1.807, 2.05) is 194 Å². The third-order valence-corrected chi connectivity index (χ3v) is 21.7. The third kappa shape index (κ3) is 21.4. The number of ether oxygens (including phenoxy) is 2. The van der Waals surface area contributed by atoms with E-state index in [0.29, 0.717) is 31.9 Å². The summed E-state index contributed by atoms with van der Waals surface area (Å²) in [5, 5.41) is 41.6. The first kappa shape index (κ1) is 85.1. The Labute approximate surface area is 715 Å². The first-order valence-electron chi connectivity index (χ1n) is 40.7. The number of nitrogens with zero attached hydrogens (tertiary/aromatic N) is 14. The SMILES string of the molecule is CC1=NCc2ccnc(Nc3ccc(C(=O)N(C)C)cc3)c21.CC1=NCc2ccnc(Nc3ccc4c(c3)CN(C)CC4)c21.CC1=NCc2ccnc(Nc3cccc(CS(C)(=O)=O)c3)c21.CCOc1ccc(Nc2nccc3n[nH]c(C)c23)cc1.CCOc1cccc(Nc2nccc3n[nH]c(C)c23)c1.Cc1[nH]nc2ccnc(Cc3ccccc3)c12. The van der Waals surface area contributed by atoms with Crippen LogP contribution >= 0.6 is 0 Å². The van der Waals surface area contributed by atoms with E-state index in [1.165, 1.54) is 34.1 Å². The zero-order valence-corrected chi connectivity index (χ0v) is 71.9. The van der Waals surface area contributed by atoms with Crippen molar-refractivity contribution in [3.05, 3.63) is 303 Å². The maximum atomic E-state index is 11.9. The molecule has 0 saturated carbocycles. The number of carbonyl (C=O) groups excluding carboxylic acids is 1. The van der Waals surface area contributed by atoms with Gasteiger partial charge in [-0.3, -0.25) is 40.1 Å². The van der Waals surface area contributed by atoms with Crippen molar-refractivity contribution in [1.29, 1.82) is 0 Å². The topological polar surface area (TPSA) is 337 Å². The summed E-state index contributed by atoms with van der Waals surface area (Å²) in [6, 6.07) is 59.2. The molecule has 6 aromatic carbocycles. The van der Waals surface area contributed by atoms with Crippen LogP contribution in [-0.2, 0) is 54.6 Å². The second-order valence-corrected chi connectivity index (χ2v) is 32.5. The Morgan fingerprint density at radius 2 is 0.870 bits per heavy atom. The van der Waals surface area contributed by atoms with Gasteiger partial charge >= 0.3 is 0 Å². The number of pyridine rings is 6. The summed E-state index contributed by atoms with van der Waals surface area (Å²) in [6.45, 7) is 21.6. The van der Waals surface area contributed by atoms with Crippen molar-refractivity contribution in [3.63, 3.8) is 0 Å². The Morgan fingerprint density at radius 3 is 1.40 bits per heavy atom. The summed E-state index contributed by atoms with van der Waals surface area (Å²) in [7, 11) is 2.62. The van der Waals surface area contributed by atoms with Gasteiger partial charge in [-0.15, -0.1) is 0 Å². The molecule has 19 rings (SSSR count). The molecule has 0 spiro atoms. The predicted octanol–water partition coefficient (Wildman–Crippen LogP) is 18.4. The summed E-state index contributed by atoms with van der Waals surface area (Å²) < 4.78 is 33.8. The number of H-pyrrole nitrogens is 3. The minimum absolute atomic E-state index is 0.00624. The molecule has 0 fully saturated rings. The number of likely N-dealkylation sites (N-methyl/N-ethyl adjacent to an activating group) is 1. The van der Waals surface area contributed by atoms with Gasteiger partial charge in [0.25, 0.3) is 5.91 Å². The molecular weight excluding hydrogens is 1560 g/mol. The van der Waals surface area contributed by atoms with Crippen LogP contribution in [0.25, 0.3) is 32.7 Å². The van der Waals surface area contributed by atoms with Crippen LogP contribution in [0, 0.1) is 20.8 Å². The standard InChI is InChI=1S/C18H20N4.C17H18N4O.C16H17N3O2S.2C15H16N4O.C14H13N3/c1-12-17-14(10-20-12)5-7-19-18(17)21-16-4-3-13-6-8-22(2)11-15(13)9-16;1-11-15-13(10-19-11)8-9-18-16(15)20-14-6-4-12(5-7-14)17(22)21(2)3;1-11-15-13(9-18-11)6-7-17-16(15)19-14-5-3-4-12(8-14)10-22(2,20)21;1-3-20-12-6-4-11(5-7-12)17-15-14-10(2)18-19-13(14)8-9-16-15;1-3-20-12-6-4-5-11(9-12)17-15-14-10(2)18-19-13(14)7-8-16-15;1-10-14-12(17-16-10)7-8-15-13(14)9-11-5-3-2-4-6-11/h3-5,7,9H,6,8,10-11H2,1-2H3,(H,19,21);4-9H,10H2,1-3H3,(H,18,20);3-8H,9-10H2,1-2H3,(H,17,19);2*4-9H,3H2,1-2H3,(H,16,17)(H,18,19);2-8H,9H2,1H3,(H,16,17). The van der Waals surface area contributed by atoms with Crippen LogP contribution in [0.5, 0.6) is 11.5 Å². The number of hydrogen-bond acceptors (Lipinski definition) is 23. The molecule has 4 aliphatic rings. The van der Waals surface area contributed by atoms with Crippen molar-refractivity contribution in [2.45, 2.75) is 100 Å². The molecule has 9 aromatic heterocycles. The first-order valence-corrected chi connectivity index (χ1v) is 42.7. The molecule has 0 radical (unpaired) electrons. The fourth-order valence-electron chi connectivity index (χ4n) is 14.9. The molecule has 4 aliphatic heterocycles. The van der Waals surface area contributed by atoms with Crippen LogP contribution in [0.3, 0.4) is 0 Å². The number of aliphatic imine (C=N–C) groups is 3. The number of aryl methyl sites for hydroxylation is 3. The zero-order valence-electron chi connectivity index (χ0n) is 71.1. The lowest BCUT2D eigenvalue weighted by Crippen LogP contribution is -2.26. The quantitative estimate of drug-likeness (QED) is 0.0373. The van der Waals surface area contributed by atoms with Crippen LogP contribution in [0.4, 0.5) is 57.5 Å². The number of anilines is 10. The molecule has 0 bridgehead atoms. The maximum Gasteiger partial charge on any atom is 0.253 e. The molecule has 0 saturated heterocycles. The number of aromatic nitrogens is 12. The third-order valence-electron chi connectivity index (χ3n) is 20.8. The van der Waals surface area contributed by atoms with Crippen LogP contribution in [-0.4, -0.2) is 149 Å². The van der Waals surface area contributed by atoms with Gasteiger partial charge in [0.15, 0.2) is 9.84 Å². The van der Waals surface area contributed by atoms with E-state index in [0.717, 1.165) is 202 Å². The molecule has 1 amide bonds. The van der Waals surface area contributed by atoms with E-state index < -0.39 is 9.84 Å². The van der Waals surface area contributed by atoms with E-state index in [-0.39, 0.29) is 11.7 Å². The molecule has 0 aliphatic carbocycles. The number of nitrogens with one attached hydrogen (secondary N) is 8. The fourth-order valence-corrected chi connectivity index (χ4v) is 15.7. The minimum atomic E-state index is -3.05. The average molecular weight is 1660 g/mol. The predicted molar refractivity (Wildman–Crippen MR) is 493 cm³/mol. The number of fused-ring (bicyclic) bond motifs is 7. The number of carbonyl (C=O) groups is 1. The average Bonchev–Trinajstić information content (AvgIpc) is 1.75. The summed E-state index contributed by atoms with van der Waals surface area (Å²) in [6.07, 6.45) is 13.9. The number of benzene rings is 6. The lowest BCUT2D eigenvalue weighted by molar-refractivity contribution is 0.0827. The molecule has 123 heavy (non-hydrogen) atoms. The highest BCUT2D eigenvalue weighted by molar-refractivity contribution is 7.89. The van der Waals surface area contributed by atoms with Crippen molar-refractivity contribution in [1.82, 2.24) is 70.3 Å². The minimum Gasteiger partial charge on any atom is -0.494 e. The Balaban J connectivity index is 0.000000121. The Morgan fingerprint density at radius 1 is 0.439 bits per heavy atom. The van der Waals surface area contributed by atoms with Crippen LogP contribution < -0.4 is 36.1 Å². The second kappa shape index (κ2) is 39.2. The lowest BCUT2D eigenvalue weighted by Gasteiger charge is -2.25. The summed E-state index contributed by atoms with van der Waals surface area (Å²) in [5.41, 5.74) is 27.2. The number of sulfone groups is 1. The number of hydrogen-bond donors (Lipinski definition) is 8. The lowest BCUT2D eigenvalue weighted by atomic mass is 9.99. The largest absolute Gasteiger partial charge is 0.494 e. The number of rotatable bonds is 19. The van der Waals surface area contributed by atoms with Crippen molar-refractivity contribution in [2.24, 2.45) is 15.0 Å². The highest BCUT2D eigenvalue weighted by Gasteiger charge is 2.23. The Bertz CT molecular complexity index is 6480. The van der Waals surface area contributed by atoms with Crippen molar-refractivity contribution < 1.29 is 22.7 Å². The van der Waals surface area contributed by atoms with E-state index >= 15 is 0 Å². The van der Waals surface area contributed by atoms with Crippen molar-refractivity contribution in [2.75, 3.05) is 73.7 Å². The zero-order chi connectivity index (χ0) is 86.1. The fraction of sp³-hybridized carbons (Fsp3) is 0.232. The van der Waals surface area contributed by atoms with Crippen LogP contribution in [0.2, 0.25) is 0 Å². The molecule has 0 atom stereocenters. The van der Waals surface area contributed by atoms with Crippen molar-refractivity contribution >= 4 is 123 Å². The molecular formula is C95H100N22O5S. The van der Waals surface area contributed by atoms with Gasteiger partial charge < -0.3 is 45.9 Å². The summed E-state index contributed by atoms with van der Waals surface area (Å²) >= 11 is 0. The van der Waals surface area contributed by atoms with Gasteiger partial charge in [-0.2, -0.15) is 15.3 Å². The number of aromatic amines is 3. The molecule has 0 unspecified atom stereocenters. The Kier molecular flexibility index (Phi) is 27.1. The van der Waals surface area contributed by atoms with Gasteiger partial charge in [-0.05, 0) is 229 Å². The molecule has 13 heterocycles. The van der Waals surface area contributed by atoms with Gasteiger partial charge in [0.2, 0.25) is 0 Å². The summed E-state index contributed by atoms with van der Waals surface area (Å²) in [5.74, 6) is 5.81. The van der Waals surface area contributed by atoms with Gasteiger partial charge in [0.1, 0.15) is 40.6 Å². The normalized spacial score (nSPS) is 12.7. The first-order chi connectivity index (χ1) is 59.6. The Hall–Kier alpha value is -14.4. The molecule has 27 nitrogen and oxygen atoms in total. The van der Waals surface area contributed by atoms with Crippen LogP contribution in [0.15, 0.2) is 234 Å². The van der Waals surface area contributed by atoms with E-state index in [4.69, 9.17) is 9.47 Å². The smallest absolute Gasteiger partial charge is 0.253 e.